The summed E-state index contributed by atoms with van der Waals surface area (Å²) in [6, 6.07) is 8.75. The van der Waals surface area contributed by atoms with Gasteiger partial charge in [-0.2, -0.15) is 0 Å². The van der Waals surface area contributed by atoms with Gasteiger partial charge in [0.1, 0.15) is 5.75 Å². The molecule has 7 heteroatoms. The lowest BCUT2D eigenvalue weighted by Crippen LogP contribution is -2.43. The summed E-state index contributed by atoms with van der Waals surface area (Å²) in [6.45, 7) is 3.04. The molecule has 1 saturated carbocycles. The van der Waals surface area contributed by atoms with E-state index in [1.807, 2.05) is 29.2 Å². The predicted octanol–water partition coefficient (Wildman–Crippen LogP) is 4.95. The number of methoxy groups -OCH3 is 1. The van der Waals surface area contributed by atoms with E-state index in [0.717, 1.165) is 54.5 Å². The molecule has 2 fully saturated rings. The number of carbonyl (C=O) groups is 1. The summed E-state index contributed by atoms with van der Waals surface area (Å²) in [7, 11) is 1.68. The largest absolute Gasteiger partial charge is 0.497 e. The maximum absolute atomic E-state index is 12.9. The molecule has 1 unspecified atom stereocenters. The summed E-state index contributed by atoms with van der Waals surface area (Å²) in [5.74, 6) is 2.37. The first-order valence-corrected chi connectivity index (χ1v) is 12.2. The van der Waals surface area contributed by atoms with Crippen molar-refractivity contribution in [2.75, 3.05) is 19.4 Å². The molecule has 1 amide bonds. The van der Waals surface area contributed by atoms with Crippen LogP contribution in [0, 0.1) is 0 Å². The number of carbonyl (C=O) groups excluding carboxylic acids is 1. The minimum absolute atomic E-state index is 0.219. The summed E-state index contributed by atoms with van der Waals surface area (Å²) in [5.41, 5.74) is 1.04. The van der Waals surface area contributed by atoms with Crippen LogP contribution in [0.5, 0.6) is 5.75 Å². The third-order valence-electron chi connectivity index (χ3n) is 6.40. The third-order valence-corrected chi connectivity index (χ3v) is 7.33. The van der Waals surface area contributed by atoms with Gasteiger partial charge in [-0.15, -0.1) is 10.2 Å². The van der Waals surface area contributed by atoms with E-state index in [4.69, 9.17) is 4.74 Å². The smallest absolute Gasteiger partial charge is 0.233 e. The maximum atomic E-state index is 12.9. The van der Waals surface area contributed by atoms with Crippen molar-refractivity contribution in [3.63, 3.8) is 0 Å². The van der Waals surface area contributed by atoms with E-state index in [1.54, 1.807) is 18.9 Å². The lowest BCUT2D eigenvalue weighted by atomic mass is 9.95. The number of amides is 1. The van der Waals surface area contributed by atoms with Crippen LogP contribution in [-0.2, 0) is 4.79 Å². The first-order chi connectivity index (χ1) is 14.7. The molecule has 30 heavy (non-hydrogen) atoms. The van der Waals surface area contributed by atoms with Gasteiger partial charge >= 0.3 is 0 Å². The first-order valence-electron chi connectivity index (χ1n) is 11.2. The van der Waals surface area contributed by atoms with Gasteiger partial charge in [0.2, 0.25) is 5.91 Å². The van der Waals surface area contributed by atoms with Crippen LogP contribution in [0.15, 0.2) is 29.4 Å². The third kappa shape index (κ3) is 4.66. The Balaban J connectivity index is 1.55. The van der Waals surface area contributed by atoms with Crippen LogP contribution in [0.1, 0.15) is 64.3 Å². The van der Waals surface area contributed by atoms with Gasteiger partial charge in [0.05, 0.1) is 12.9 Å². The molecule has 0 N–H and O–H groups in total. The van der Waals surface area contributed by atoms with Crippen LogP contribution in [0.25, 0.3) is 11.4 Å². The summed E-state index contributed by atoms with van der Waals surface area (Å²) in [4.78, 5) is 14.9. The molecule has 1 saturated heterocycles. The molecule has 1 aromatic carbocycles. The highest BCUT2D eigenvalue weighted by atomic mass is 32.2. The van der Waals surface area contributed by atoms with Crippen LogP contribution < -0.4 is 4.74 Å². The van der Waals surface area contributed by atoms with Gasteiger partial charge < -0.3 is 9.64 Å². The fraction of sp³-hybridized carbons (Fsp3) is 0.609. The molecule has 2 heterocycles. The number of ether oxygens (including phenoxy) is 1. The van der Waals surface area contributed by atoms with Gasteiger partial charge in [-0.3, -0.25) is 9.36 Å². The Hall–Kier alpha value is -2.02. The molecule has 2 aromatic rings. The van der Waals surface area contributed by atoms with Crippen LogP contribution in [-0.4, -0.2) is 51.0 Å². The zero-order chi connectivity index (χ0) is 20.9. The number of rotatable bonds is 6. The molecule has 4 rings (SSSR count). The molecule has 0 bridgehead atoms. The second kappa shape index (κ2) is 9.86. The number of piperidine rings is 1. The average molecular weight is 429 g/mol. The molecule has 162 valence electrons. The fourth-order valence-electron chi connectivity index (χ4n) is 4.66. The zero-order valence-electron chi connectivity index (χ0n) is 18.0. The predicted molar refractivity (Wildman–Crippen MR) is 120 cm³/mol. The van der Waals surface area contributed by atoms with Gasteiger partial charge in [0.15, 0.2) is 11.0 Å². The number of hydrogen-bond acceptors (Lipinski definition) is 5. The summed E-state index contributed by atoms with van der Waals surface area (Å²) in [5, 5.41) is 9.94. The Kier molecular flexibility index (Phi) is 6.97. The number of aromatic nitrogens is 3. The van der Waals surface area contributed by atoms with Gasteiger partial charge in [-0.05, 0) is 63.3 Å². The minimum atomic E-state index is 0.219. The van der Waals surface area contributed by atoms with E-state index in [-0.39, 0.29) is 5.91 Å². The van der Waals surface area contributed by atoms with Crippen molar-refractivity contribution in [2.45, 2.75) is 75.5 Å². The van der Waals surface area contributed by atoms with Gasteiger partial charge in [0, 0.05) is 24.2 Å². The van der Waals surface area contributed by atoms with Gasteiger partial charge in [-0.25, -0.2) is 0 Å². The van der Waals surface area contributed by atoms with E-state index >= 15 is 0 Å². The molecule has 0 radical (unpaired) electrons. The highest BCUT2D eigenvalue weighted by Crippen LogP contribution is 2.36. The van der Waals surface area contributed by atoms with E-state index < -0.39 is 0 Å². The van der Waals surface area contributed by atoms with Crippen LogP contribution >= 0.6 is 11.8 Å². The van der Waals surface area contributed by atoms with Crippen molar-refractivity contribution in [1.82, 2.24) is 19.7 Å². The fourth-order valence-corrected chi connectivity index (χ4v) is 5.55. The number of nitrogens with zero attached hydrogens (tertiary/aromatic N) is 4. The van der Waals surface area contributed by atoms with Crippen molar-refractivity contribution >= 4 is 17.7 Å². The van der Waals surface area contributed by atoms with E-state index in [2.05, 4.69) is 21.7 Å². The summed E-state index contributed by atoms with van der Waals surface area (Å²) < 4.78 is 7.59. The Labute approximate surface area is 183 Å². The molecular weight excluding hydrogens is 396 g/mol. The van der Waals surface area contributed by atoms with Gasteiger partial charge in [-0.1, -0.05) is 31.0 Å². The van der Waals surface area contributed by atoms with Crippen molar-refractivity contribution in [2.24, 2.45) is 0 Å². The number of thioether (sulfide) groups is 1. The normalized spacial score (nSPS) is 20.3. The number of hydrogen-bond donors (Lipinski definition) is 0. The molecule has 1 aliphatic carbocycles. The van der Waals surface area contributed by atoms with Crippen LogP contribution in [0.3, 0.4) is 0 Å². The SMILES string of the molecule is COc1ccc(-c2nnc(SCC(=O)N3CCCCC3C)n2C2CCCCC2)cc1. The Morgan fingerprint density at radius 3 is 2.50 bits per heavy atom. The Morgan fingerprint density at radius 1 is 1.07 bits per heavy atom. The molecule has 1 aromatic heterocycles. The van der Waals surface area contributed by atoms with E-state index in [0.29, 0.717) is 17.8 Å². The zero-order valence-corrected chi connectivity index (χ0v) is 18.9. The van der Waals surface area contributed by atoms with Crippen molar-refractivity contribution < 1.29 is 9.53 Å². The number of likely N-dealkylation sites (tertiary alicyclic amines) is 1. The Bertz CT molecular complexity index is 845. The second-order valence-corrected chi connectivity index (χ2v) is 9.36. The second-order valence-electron chi connectivity index (χ2n) is 8.42. The molecule has 1 aliphatic heterocycles. The highest BCUT2D eigenvalue weighted by molar-refractivity contribution is 7.99. The van der Waals surface area contributed by atoms with Gasteiger partial charge in [0.25, 0.3) is 0 Å². The topological polar surface area (TPSA) is 60.3 Å². The summed E-state index contributed by atoms with van der Waals surface area (Å²) in [6.07, 6.45) is 9.50. The van der Waals surface area contributed by atoms with Crippen molar-refractivity contribution in [3.05, 3.63) is 24.3 Å². The highest BCUT2D eigenvalue weighted by Gasteiger charge is 2.27. The minimum Gasteiger partial charge on any atom is -0.497 e. The van der Waals surface area contributed by atoms with Crippen LogP contribution in [0.2, 0.25) is 0 Å². The Morgan fingerprint density at radius 2 is 1.80 bits per heavy atom. The number of benzene rings is 1. The molecule has 1 atom stereocenters. The first kappa shape index (κ1) is 21.2. The summed E-state index contributed by atoms with van der Waals surface area (Å²) >= 11 is 1.54. The molecule has 6 nitrogen and oxygen atoms in total. The lowest BCUT2D eigenvalue weighted by molar-refractivity contribution is -0.131. The van der Waals surface area contributed by atoms with Crippen molar-refractivity contribution in [1.29, 1.82) is 0 Å². The molecular formula is C23H32N4O2S. The molecule has 2 aliphatic rings. The quantitative estimate of drug-likeness (QED) is 0.609. The monoisotopic (exact) mass is 428 g/mol. The molecule has 0 spiro atoms. The standard InChI is InChI=1S/C23H32N4O2S/c1-17-8-6-7-15-26(17)21(28)16-30-23-25-24-22(18-11-13-20(29-2)14-12-18)27(23)19-9-4-3-5-10-19/h11-14,17,19H,3-10,15-16H2,1-2H3. The lowest BCUT2D eigenvalue weighted by Gasteiger charge is -2.33. The maximum Gasteiger partial charge on any atom is 0.233 e. The van der Waals surface area contributed by atoms with E-state index in [1.165, 1.54) is 25.7 Å². The average Bonchev–Trinajstić information content (AvgIpc) is 3.22. The van der Waals surface area contributed by atoms with Crippen LogP contribution in [0.4, 0.5) is 0 Å². The van der Waals surface area contributed by atoms with E-state index in [9.17, 15) is 4.79 Å². The van der Waals surface area contributed by atoms with Crippen molar-refractivity contribution in [3.8, 4) is 17.1 Å².